The Morgan fingerprint density at radius 3 is 2.55 bits per heavy atom. The van der Waals surface area contributed by atoms with Crippen LogP contribution in [0, 0.1) is 0 Å². The van der Waals surface area contributed by atoms with Crippen molar-refractivity contribution in [3.8, 4) is 0 Å². The zero-order valence-corrected chi connectivity index (χ0v) is 12.3. The molecule has 0 saturated carbocycles. The van der Waals surface area contributed by atoms with E-state index < -0.39 is 0 Å². The van der Waals surface area contributed by atoms with Gasteiger partial charge in [-0.05, 0) is 31.2 Å². The minimum absolute atomic E-state index is 0.324. The summed E-state index contributed by atoms with van der Waals surface area (Å²) in [5.41, 5.74) is 1.71. The minimum atomic E-state index is -0.381. The molecule has 0 aliphatic heterocycles. The van der Waals surface area contributed by atoms with Crippen LogP contribution in [-0.4, -0.2) is 12.6 Å². The first-order valence-electron chi connectivity index (χ1n) is 6.10. The SMILES string of the molecule is CCOC(=O)c1ccccc1Nc1cccc(Cl)c1Cl. The molecule has 104 valence electrons. The van der Waals surface area contributed by atoms with Gasteiger partial charge in [-0.1, -0.05) is 41.4 Å². The van der Waals surface area contributed by atoms with Crippen LogP contribution >= 0.6 is 23.2 Å². The number of para-hydroxylation sites is 1. The maximum atomic E-state index is 11.9. The van der Waals surface area contributed by atoms with Crippen LogP contribution < -0.4 is 5.32 Å². The van der Waals surface area contributed by atoms with Gasteiger partial charge in [-0.2, -0.15) is 0 Å². The number of anilines is 2. The molecular weight excluding hydrogens is 297 g/mol. The third-order valence-electron chi connectivity index (χ3n) is 2.64. The summed E-state index contributed by atoms with van der Waals surface area (Å²) in [7, 11) is 0. The van der Waals surface area contributed by atoms with E-state index in [-0.39, 0.29) is 5.97 Å². The van der Waals surface area contributed by atoms with Crippen LogP contribution in [0.25, 0.3) is 0 Å². The Kier molecular flexibility index (Phi) is 4.88. The highest BCUT2D eigenvalue weighted by Gasteiger charge is 2.13. The van der Waals surface area contributed by atoms with E-state index in [4.69, 9.17) is 27.9 Å². The van der Waals surface area contributed by atoms with E-state index in [1.54, 1.807) is 43.3 Å². The molecule has 0 bridgehead atoms. The summed E-state index contributed by atoms with van der Waals surface area (Å²) >= 11 is 12.1. The molecule has 20 heavy (non-hydrogen) atoms. The van der Waals surface area contributed by atoms with Crippen LogP contribution in [0.4, 0.5) is 11.4 Å². The minimum Gasteiger partial charge on any atom is -0.462 e. The fourth-order valence-electron chi connectivity index (χ4n) is 1.72. The lowest BCUT2D eigenvalue weighted by Crippen LogP contribution is -2.07. The molecule has 2 aromatic carbocycles. The number of nitrogens with one attached hydrogen (secondary N) is 1. The molecule has 0 heterocycles. The Balaban J connectivity index is 2.34. The first kappa shape index (κ1) is 14.7. The largest absolute Gasteiger partial charge is 0.462 e. The summed E-state index contributed by atoms with van der Waals surface area (Å²) in [6.45, 7) is 2.09. The summed E-state index contributed by atoms with van der Waals surface area (Å²) in [5, 5.41) is 3.96. The second kappa shape index (κ2) is 6.64. The van der Waals surface area contributed by atoms with E-state index in [2.05, 4.69) is 5.32 Å². The van der Waals surface area contributed by atoms with E-state index in [0.29, 0.717) is 33.6 Å². The molecule has 0 spiro atoms. The van der Waals surface area contributed by atoms with E-state index in [0.717, 1.165) is 0 Å². The Labute approximate surface area is 127 Å². The molecule has 0 saturated heterocycles. The fraction of sp³-hybridized carbons (Fsp3) is 0.133. The second-order valence-corrected chi connectivity index (χ2v) is 4.78. The third-order valence-corrected chi connectivity index (χ3v) is 3.46. The predicted molar refractivity (Wildman–Crippen MR) is 82.1 cm³/mol. The molecule has 0 aromatic heterocycles. The van der Waals surface area contributed by atoms with Crippen LogP contribution in [0.3, 0.4) is 0 Å². The lowest BCUT2D eigenvalue weighted by Gasteiger charge is -2.12. The van der Waals surface area contributed by atoms with Gasteiger partial charge in [-0.3, -0.25) is 0 Å². The molecule has 2 rings (SSSR count). The molecule has 3 nitrogen and oxygen atoms in total. The highest BCUT2D eigenvalue weighted by molar-refractivity contribution is 6.43. The number of carbonyl (C=O) groups excluding carboxylic acids is 1. The van der Waals surface area contributed by atoms with Crippen molar-refractivity contribution in [3.63, 3.8) is 0 Å². The van der Waals surface area contributed by atoms with Crippen LogP contribution in [0.5, 0.6) is 0 Å². The number of hydrogen-bond donors (Lipinski definition) is 1. The van der Waals surface area contributed by atoms with Crippen molar-refractivity contribution in [1.29, 1.82) is 0 Å². The highest BCUT2D eigenvalue weighted by Crippen LogP contribution is 2.32. The Morgan fingerprint density at radius 2 is 1.80 bits per heavy atom. The number of ether oxygens (including phenoxy) is 1. The van der Waals surface area contributed by atoms with Crippen molar-refractivity contribution in [3.05, 3.63) is 58.1 Å². The van der Waals surface area contributed by atoms with Crippen molar-refractivity contribution in [1.82, 2.24) is 0 Å². The molecule has 0 aliphatic carbocycles. The van der Waals surface area contributed by atoms with Gasteiger partial charge in [0.15, 0.2) is 0 Å². The van der Waals surface area contributed by atoms with Crippen LogP contribution in [0.15, 0.2) is 42.5 Å². The lowest BCUT2D eigenvalue weighted by molar-refractivity contribution is 0.0527. The van der Waals surface area contributed by atoms with Gasteiger partial charge in [0, 0.05) is 0 Å². The Hall–Kier alpha value is -1.71. The molecule has 0 radical (unpaired) electrons. The second-order valence-electron chi connectivity index (χ2n) is 3.99. The summed E-state index contributed by atoms with van der Waals surface area (Å²) in [4.78, 5) is 11.9. The van der Waals surface area contributed by atoms with Crippen molar-refractivity contribution in [2.24, 2.45) is 0 Å². The molecule has 0 aliphatic rings. The number of esters is 1. The van der Waals surface area contributed by atoms with Crippen molar-refractivity contribution in [2.75, 3.05) is 11.9 Å². The van der Waals surface area contributed by atoms with Crippen molar-refractivity contribution in [2.45, 2.75) is 6.92 Å². The molecule has 2 aromatic rings. The highest BCUT2D eigenvalue weighted by atomic mass is 35.5. The summed E-state index contributed by atoms with van der Waals surface area (Å²) in [5.74, 6) is -0.381. The first-order valence-corrected chi connectivity index (χ1v) is 6.86. The summed E-state index contributed by atoms with van der Waals surface area (Å²) in [6.07, 6.45) is 0. The molecule has 5 heteroatoms. The van der Waals surface area contributed by atoms with Crippen molar-refractivity contribution >= 4 is 40.5 Å². The van der Waals surface area contributed by atoms with Gasteiger partial charge in [0.1, 0.15) is 0 Å². The molecule has 0 unspecified atom stereocenters. The normalized spacial score (nSPS) is 10.2. The summed E-state index contributed by atoms with van der Waals surface area (Å²) in [6, 6.07) is 12.3. The van der Waals surface area contributed by atoms with Crippen molar-refractivity contribution < 1.29 is 9.53 Å². The number of halogens is 2. The standard InChI is InChI=1S/C15H13Cl2NO2/c1-2-20-15(19)10-6-3-4-8-12(10)18-13-9-5-7-11(16)14(13)17/h3-9,18H,2H2,1H3. The maximum Gasteiger partial charge on any atom is 0.340 e. The van der Waals surface area contributed by atoms with Gasteiger partial charge >= 0.3 is 5.97 Å². The van der Waals surface area contributed by atoms with Gasteiger partial charge in [0.05, 0.1) is 33.6 Å². The lowest BCUT2D eigenvalue weighted by atomic mass is 10.1. The average Bonchev–Trinajstić information content (AvgIpc) is 2.45. The Bertz CT molecular complexity index is 629. The molecule has 1 N–H and O–H groups in total. The first-order chi connectivity index (χ1) is 9.63. The predicted octanol–water partition coefficient (Wildman–Crippen LogP) is 4.91. The van der Waals surface area contributed by atoms with E-state index in [1.807, 2.05) is 6.07 Å². The Morgan fingerprint density at radius 1 is 1.10 bits per heavy atom. The van der Waals surface area contributed by atoms with Gasteiger partial charge in [0.2, 0.25) is 0 Å². The third kappa shape index (κ3) is 3.24. The van der Waals surface area contributed by atoms with Gasteiger partial charge in [-0.15, -0.1) is 0 Å². The van der Waals surface area contributed by atoms with Gasteiger partial charge in [-0.25, -0.2) is 4.79 Å². The van der Waals surface area contributed by atoms with E-state index in [9.17, 15) is 4.79 Å². The molecular formula is C15H13Cl2NO2. The number of hydrogen-bond acceptors (Lipinski definition) is 3. The topological polar surface area (TPSA) is 38.3 Å². The van der Waals surface area contributed by atoms with E-state index >= 15 is 0 Å². The fourth-order valence-corrected chi connectivity index (χ4v) is 2.07. The van der Waals surface area contributed by atoms with Crippen LogP contribution in [0.1, 0.15) is 17.3 Å². The van der Waals surface area contributed by atoms with Gasteiger partial charge in [0.25, 0.3) is 0 Å². The molecule has 0 amide bonds. The van der Waals surface area contributed by atoms with E-state index in [1.165, 1.54) is 0 Å². The summed E-state index contributed by atoms with van der Waals surface area (Å²) < 4.78 is 5.02. The maximum absolute atomic E-state index is 11.9. The monoisotopic (exact) mass is 309 g/mol. The number of rotatable bonds is 4. The van der Waals surface area contributed by atoms with Crippen LogP contribution in [0.2, 0.25) is 10.0 Å². The smallest absolute Gasteiger partial charge is 0.340 e. The average molecular weight is 310 g/mol. The quantitative estimate of drug-likeness (QED) is 0.815. The number of carbonyl (C=O) groups is 1. The van der Waals surface area contributed by atoms with Crippen LogP contribution in [-0.2, 0) is 4.74 Å². The number of benzene rings is 2. The van der Waals surface area contributed by atoms with Gasteiger partial charge < -0.3 is 10.1 Å². The zero-order chi connectivity index (χ0) is 14.5. The zero-order valence-electron chi connectivity index (χ0n) is 10.8. The molecule has 0 fully saturated rings. The molecule has 0 atom stereocenters.